The number of hydrogen-bond donors (Lipinski definition) is 1. The number of ether oxygens (including phenoxy) is 1. The van der Waals surface area contributed by atoms with Gasteiger partial charge in [0, 0.05) is 10.2 Å². The molecule has 3 aromatic carbocycles. The average molecular weight is 430 g/mol. The first-order valence-electron chi connectivity index (χ1n) is 8.41. The molecule has 0 atom stereocenters. The Morgan fingerprint density at radius 1 is 1.00 bits per heavy atom. The molecule has 134 valence electrons. The Balaban J connectivity index is 1.33. The molecular formula is C21H20BrNO2S. The number of amides is 1. The maximum Gasteiger partial charge on any atom is 0.230 e. The molecule has 0 aliphatic carbocycles. The van der Waals surface area contributed by atoms with E-state index in [-0.39, 0.29) is 5.91 Å². The van der Waals surface area contributed by atoms with Crippen molar-refractivity contribution in [1.29, 1.82) is 0 Å². The van der Waals surface area contributed by atoms with Crippen LogP contribution in [0.3, 0.4) is 0 Å². The highest BCUT2D eigenvalue weighted by atomic mass is 79.9. The van der Waals surface area contributed by atoms with Gasteiger partial charge < -0.3 is 10.1 Å². The van der Waals surface area contributed by atoms with Crippen LogP contribution in [0.1, 0.15) is 5.56 Å². The number of carbonyl (C=O) groups is 1. The van der Waals surface area contributed by atoms with E-state index in [1.165, 1.54) is 10.9 Å². The van der Waals surface area contributed by atoms with Gasteiger partial charge in [0.15, 0.2) is 0 Å². The van der Waals surface area contributed by atoms with Crippen LogP contribution in [0.2, 0.25) is 0 Å². The summed E-state index contributed by atoms with van der Waals surface area (Å²) < 4.78 is 6.79. The fourth-order valence-corrected chi connectivity index (χ4v) is 3.59. The second kappa shape index (κ2) is 9.64. The van der Waals surface area contributed by atoms with E-state index in [2.05, 4.69) is 45.5 Å². The number of hydrogen-bond acceptors (Lipinski definition) is 3. The normalized spacial score (nSPS) is 10.7. The van der Waals surface area contributed by atoms with Crippen molar-refractivity contribution >= 4 is 44.4 Å². The SMILES string of the molecule is O=C(CSCc1ccc(Br)cc1)NCCOc1ccc2ccccc2c1. The van der Waals surface area contributed by atoms with Crippen molar-refractivity contribution in [1.82, 2.24) is 5.32 Å². The van der Waals surface area contributed by atoms with Gasteiger partial charge in [-0.25, -0.2) is 0 Å². The summed E-state index contributed by atoms with van der Waals surface area (Å²) in [7, 11) is 0. The number of nitrogens with one attached hydrogen (secondary N) is 1. The first kappa shape index (κ1) is 18.8. The highest BCUT2D eigenvalue weighted by molar-refractivity contribution is 9.10. The lowest BCUT2D eigenvalue weighted by atomic mass is 10.1. The molecule has 0 saturated heterocycles. The maximum absolute atomic E-state index is 11.9. The summed E-state index contributed by atoms with van der Waals surface area (Å²) >= 11 is 5.03. The monoisotopic (exact) mass is 429 g/mol. The molecule has 0 spiro atoms. The number of halogens is 1. The van der Waals surface area contributed by atoms with Crippen LogP contribution in [0.4, 0.5) is 0 Å². The molecule has 0 aliphatic rings. The molecule has 0 saturated carbocycles. The van der Waals surface area contributed by atoms with Crippen molar-refractivity contribution in [3.05, 3.63) is 76.8 Å². The van der Waals surface area contributed by atoms with Crippen LogP contribution >= 0.6 is 27.7 Å². The molecule has 0 aromatic heterocycles. The largest absolute Gasteiger partial charge is 0.492 e. The molecule has 0 fully saturated rings. The second-order valence-corrected chi connectivity index (χ2v) is 7.73. The highest BCUT2D eigenvalue weighted by Gasteiger charge is 2.02. The van der Waals surface area contributed by atoms with E-state index < -0.39 is 0 Å². The summed E-state index contributed by atoms with van der Waals surface area (Å²) in [5, 5.41) is 5.24. The van der Waals surface area contributed by atoms with Gasteiger partial charge in [0.05, 0.1) is 12.3 Å². The fraction of sp³-hybridized carbons (Fsp3) is 0.190. The standard InChI is InChI=1S/C21H20BrNO2S/c22-19-8-5-16(6-9-19)14-26-15-21(24)23-11-12-25-20-10-7-17-3-1-2-4-18(17)13-20/h1-10,13H,11-12,14-15H2,(H,23,24). The molecule has 3 nitrogen and oxygen atoms in total. The van der Waals surface area contributed by atoms with Gasteiger partial charge in [0.2, 0.25) is 5.91 Å². The van der Waals surface area contributed by atoms with E-state index >= 15 is 0 Å². The quantitative estimate of drug-likeness (QED) is 0.510. The zero-order chi connectivity index (χ0) is 18.2. The van der Waals surface area contributed by atoms with Crippen LogP contribution in [0.25, 0.3) is 10.8 Å². The molecule has 1 amide bonds. The summed E-state index contributed by atoms with van der Waals surface area (Å²) in [6, 6.07) is 22.3. The van der Waals surface area contributed by atoms with Crippen molar-refractivity contribution in [3.63, 3.8) is 0 Å². The van der Waals surface area contributed by atoms with Gasteiger partial charge in [-0.1, -0.05) is 58.4 Å². The summed E-state index contributed by atoms with van der Waals surface area (Å²) in [5.41, 5.74) is 1.21. The lowest BCUT2D eigenvalue weighted by Gasteiger charge is -2.09. The van der Waals surface area contributed by atoms with Crippen LogP contribution in [-0.4, -0.2) is 24.8 Å². The Kier molecular flexibility index (Phi) is 6.97. The molecular weight excluding hydrogens is 410 g/mol. The van der Waals surface area contributed by atoms with Crippen LogP contribution in [0.5, 0.6) is 5.75 Å². The van der Waals surface area contributed by atoms with Gasteiger partial charge >= 0.3 is 0 Å². The smallest absolute Gasteiger partial charge is 0.230 e. The van der Waals surface area contributed by atoms with Crippen molar-refractivity contribution < 1.29 is 9.53 Å². The molecule has 1 N–H and O–H groups in total. The molecule has 0 radical (unpaired) electrons. The third-order valence-electron chi connectivity index (χ3n) is 3.83. The van der Waals surface area contributed by atoms with Gasteiger partial charge in [-0.3, -0.25) is 4.79 Å². The number of carbonyl (C=O) groups excluding carboxylic acids is 1. The predicted molar refractivity (Wildman–Crippen MR) is 113 cm³/mol. The maximum atomic E-state index is 11.9. The molecule has 26 heavy (non-hydrogen) atoms. The zero-order valence-corrected chi connectivity index (χ0v) is 16.7. The Labute approximate surface area is 166 Å². The highest BCUT2D eigenvalue weighted by Crippen LogP contribution is 2.20. The van der Waals surface area contributed by atoms with Crippen molar-refractivity contribution in [2.45, 2.75) is 5.75 Å². The number of benzene rings is 3. The third kappa shape index (κ3) is 5.78. The van der Waals surface area contributed by atoms with Gasteiger partial charge in [0.25, 0.3) is 0 Å². The van der Waals surface area contributed by atoms with Gasteiger partial charge in [-0.15, -0.1) is 11.8 Å². The summed E-state index contributed by atoms with van der Waals surface area (Å²) in [4.78, 5) is 11.9. The van der Waals surface area contributed by atoms with E-state index in [4.69, 9.17) is 4.74 Å². The van der Waals surface area contributed by atoms with Crippen LogP contribution in [-0.2, 0) is 10.5 Å². The first-order chi connectivity index (χ1) is 12.7. The summed E-state index contributed by atoms with van der Waals surface area (Å²) in [6.07, 6.45) is 0. The lowest BCUT2D eigenvalue weighted by molar-refractivity contribution is -0.118. The Bertz CT molecular complexity index is 867. The number of thioether (sulfide) groups is 1. The first-order valence-corrected chi connectivity index (χ1v) is 10.4. The van der Waals surface area contributed by atoms with E-state index in [1.807, 2.05) is 42.5 Å². The molecule has 3 aromatic rings. The van der Waals surface area contributed by atoms with E-state index in [0.717, 1.165) is 21.4 Å². The Morgan fingerprint density at radius 3 is 2.58 bits per heavy atom. The summed E-state index contributed by atoms with van der Waals surface area (Å²) in [5.74, 6) is 2.14. The minimum absolute atomic E-state index is 0.0363. The topological polar surface area (TPSA) is 38.3 Å². The van der Waals surface area contributed by atoms with E-state index in [1.54, 1.807) is 11.8 Å². The van der Waals surface area contributed by atoms with Crippen molar-refractivity contribution in [2.75, 3.05) is 18.9 Å². The summed E-state index contributed by atoms with van der Waals surface area (Å²) in [6.45, 7) is 0.964. The minimum Gasteiger partial charge on any atom is -0.492 e. The van der Waals surface area contributed by atoms with Crippen LogP contribution in [0.15, 0.2) is 71.2 Å². The molecule has 3 rings (SSSR count). The second-order valence-electron chi connectivity index (χ2n) is 5.83. The lowest BCUT2D eigenvalue weighted by Crippen LogP contribution is -2.29. The molecule has 0 heterocycles. The minimum atomic E-state index is 0.0363. The third-order valence-corrected chi connectivity index (χ3v) is 5.36. The fourth-order valence-electron chi connectivity index (χ4n) is 2.51. The average Bonchev–Trinajstić information content (AvgIpc) is 2.67. The van der Waals surface area contributed by atoms with Gasteiger partial charge in [-0.2, -0.15) is 0 Å². The Morgan fingerprint density at radius 2 is 1.77 bits per heavy atom. The van der Waals surface area contributed by atoms with E-state index in [9.17, 15) is 4.79 Å². The molecule has 0 bridgehead atoms. The Hall–Kier alpha value is -1.98. The zero-order valence-electron chi connectivity index (χ0n) is 14.3. The predicted octanol–water partition coefficient (Wildman–Crippen LogP) is 5.03. The number of fused-ring (bicyclic) bond motifs is 1. The van der Waals surface area contributed by atoms with Crippen LogP contribution in [0, 0.1) is 0 Å². The molecule has 0 aliphatic heterocycles. The van der Waals surface area contributed by atoms with Gasteiger partial charge in [0.1, 0.15) is 12.4 Å². The van der Waals surface area contributed by atoms with Gasteiger partial charge in [-0.05, 0) is 40.6 Å². The van der Waals surface area contributed by atoms with Crippen molar-refractivity contribution in [2.24, 2.45) is 0 Å². The number of rotatable bonds is 8. The van der Waals surface area contributed by atoms with Crippen molar-refractivity contribution in [3.8, 4) is 5.75 Å². The molecule has 5 heteroatoms. The van der Waals surface area contributed by atoms with E-state index in [0.29, 0.717) is 18.9 Å². The molecule has 0 unspecified atom stereocenters. The van der Waals surface area contributed by atoms with Crippen LogP contribution < -0.4 is 10.1 Å².